The summed E-state index contributed by atoms with van der Waals surface area (Å²) in [7, 11) is 0. The van der Waals surface area contributed by atoms with Gasteiger partial charge in [-0.1, -0.05) is 25.1 Å². The number of piperazine rings is 1. The molecule has 0 saturated carbocycles. The highest BCUT2D eigenvalue weighted by molar-refractivity contribution is 5.86. The van der Waals surface area contributed by atoms with E-state index in [0.29, 0.717) is 6.54 Å². The summed E-state index contributed by atoms with van der Waals surface area (Å²) in [5.74, 6) is 0.114. The van der Waals surface area contributed by atoms with E-state index >= 15 is 0 Å². The van der Waals surface area contributed by atoms with Crippen LogP contribution in [-0.2, 0) is 4.79 Å². The SMILES string of the molecule is CCC1C(=O)NCCN1c1ccccc1C(C)N. The van der Waals surface area contributed by atoms with Crippen LogP contribution < -0.4 is 16.0 Å². The first-order valence-corrected chi connectivity index (χ1v) is 6.54. The summed E-state index contributed by atoms with van der Waals surface area (Å²) >= 11 is 0. The molecule has 1 aromatic rings. The molecule has 1 aromatic carbocycles. The van der Waals surface area contributed by atoms with Crippen molar-refractivity contribution in [3.05, 3.63) is 29.8 Å². The van der Waals surface area contributed by atoms with Crippen molar-refractivity contribution >= 4 is 11.6 Å². The number of carbonyl (C=O) groups excluding carboxylic acids is 1. The summed E-state index contributed by atoms with van der Waals surface area (Å²) in [5, 5.41) is 2.92. The number of para-hydroxylation sites is 1. The molecule has 0 aromatic heterocycles. The molecule has 1 aliphatic heterocycles. The van der Waals surface area contributed by atoms with Gasteiger partial charge in [0.2, 0.25) is 5.91 Å². The Kier molecular flexibility index (Phi) is 3.87. The third kappa shape index (κ3) is 2.34. The number of hydrogen-bond donors (Lipinski definition) is 2. The van der Waals surface area contributed by atoms with Gasteiger partial charge in [0, 0.05) is 24.8 Å². The molecule has 0 bridgehead atoms. The van der Waals surface area contributed by atoms with Crippen LogP contribution in [0.3, 0.4) is 0 Å². The molecule has 2 rings (SSSR count). The molecule has 1 fully saturated rings. The monoisotopic (exact) mass is 247 g/mol. The van der Waals surface area contributed by atoms with Crippen molar-refractivity contribution in [2.75, 3.05) is 18.0 Å². The molecule has 0 radical (unpaired) electrons. The van der Waals surface area contributed by atoms with Crippen LogP contribution in [0.15, 0.2) is 24.3 Å². The molecule has 2 unspecified atom stereocenters. The number of anilines is 1. The summed E-state index contributed by atoms with van der Waals surface area (Å²) < 4.78 is 0. The number of nitrogens with two attached hydrogens (primary N) is 1. The van der Waals surface area contributed by atoms with E-state index in [1.807, 2.05) is 32.0 Å². The van der Waals surface area contributed by atoms with Crippen molar-refractivity contribution in [2.24, 2.45) is 5.73 Å². The van der Waals surface area contributed by atoms with Gasteiger partial charge < -0.3 is 16.0 Å². The second-order valence-electron chi connectivity index (χ2n) is 4.76. The van der Waals surface area contributed by atoms with Gasteiger partial charge in [0.15, 0.2) is 0 Å². The summed E-state index contributed by atoms with van der Waals surface area (Å²) in [6, 6.07) is 7.98. The number of benzene rings is 1. The highest BCUT2D eigenvalue weighted by Crippen LogP contribution is 2.28. The fraction of sp³-hybridized carbons (Fsp3) is 0.500. The highest BCUT2D eigenvalue weighted by Gasteiger charge is 2.29. The third-order valence-electron chi connectivity index (χ3n) is 3.45. The molecule has 18 heavy (non-hydrogen) atoms. The second-order valence-corrected chi connectivity index (χ2v) is 4.76. The van der Waals surface area contributed by atoms with Crippen molar-refractivity contribution in [1.82, 2.24) is 5.32 Å². The van der Waals surface area contributed by atoms with Crippen LogP contribution in [0.1, 0.15) is 31.9 Å². The number of rotatable bonds is 3. The lowest BCUT2D eigenvalue weighted by Gasteiger charge is -2.37. The first-order chi connectivity index (χ1) is 8.65. The molecule has 1 saturated heterocycles. The van der Waals surface area contributed by atoms with Crippen LogP contribution in [0.4, 0.5) is 5.69 Å². The fourth-order valence-corrected chi connectivity index (χ4v) is 2.54. The van der Waals surface area contributed by atoms with Gasteiger partial charge in [-0.05, 0) is 25.0 Å². The van der Waals surface area contributed by atoms with E-state index < -0.39 is 0 Å². The van der Waals surface area contributed by atoms with Crippen molar-refractivity contribution in [2.45, 2.75) is 32.4 Å². The Bertz CT molecular complexity index is 431. The van der Waals surface area contributed by atoms with Crippen LogP contribution >= 0.6 is 0 Å². The minimum Gasteiger partial charge on any atom is -0.357 e. The van der Waals surface area contributed by atoms with Gasteiger partial charge in [-0.3, -0.25) is 4.79 Å². The number of nitrogens with one attached hydrogen (secondary N) is 1. The maximum atomic E-state index is 11.9. The molecule has 0 aliphatic carbocycles. The van der Waals surface area contributed by atoms with Gasteiger partial charge in [0.1, 0.15) is 6.04 Å². The Labute approximate surface area is 108 Å². The Hall–Kier alpha value is -1.55. The third-order valence-corrected chi connectivity index (χ3v) is 3.45. The lowest BCUT2D eigenvalue weighted by Crippen LogP contribution is -2.55. The summed E-state index contributed by atoms with van der Waals surface area (Å²) in [6.45, 7) is 5.55. The van der Waals surface area contributed by atoms with Crippen LogP contribution in [-0.4, -0.2) is 25.0 Å². The van der Waals surface area contributed by atoms with Gasteiger partial charge in [-0.15, -0.1) is 0 Å². The molecule has 2 atom stereocenters. The normalized spacial score (nSPS) is 21.6. The summed E-state index contributed by atoms with van der Waals surface area (Å²) in [6.07, 6.45) is 0.805. The number of nitrogens with zero attached hydrogens (tertiary/aromatic N) is 1. The van der Waals surface area contributed by atoms with Gasteiger partial charge in [0.25, 0.3) is 0 Å². The first kappa shape index (κ1) is 12.9. The minimum absolute atomic E-state index is 0.0244. The molecule has 3 N–H and O–H groups in total. The molecule has 1 aliphatic rings. The van der Waals surface area contributed by atoms with Gasteiger partial charge in [-0.25, -0.2) is 0 Å². The van der Waals surface area contributed by atoms with Crippen LogP contribution in [0, 0.1) is 0 Å². The standard InChI is InChI=1S/C14H21N3O/c1-3-12-14(18)16-8-9-17(12)13-7-5-4-6-11(13)10(2)15/h4-7,10,12H,3,8-9,15H2,1-2H3,(H,16,18). The topological polar surface area (TPSA) is 58.4 Å². The quantitative estimate of drug-likeness (QED) is 0.849. The zero-order valence-electron chi connectivity index (χ0n) is 11.0. The number of amides is 1. The molecule has 4 nitrogen and oxygen atoms in total. The summed E-state index contributed by atoms with van der Waals surface area (Å²) in [5.41, 5.74) is 8.21. The van der Waals surface area contributed by atoms with Crippen molar-refractivity contribution < 1.29 is 4.79 Å². The summed E-state index contributed by atoms with van der Waals surface area (Å²) in [4.78, 5) is 14.1. The van der Waals surface area contributed by atoms with E-state index in [2.05, 4.69) is 16.3 Å². The van der Waals surface area contributed by atoms with E-state index in [-0.39, 0.29) is 18.0 Å². The minimum atomic E-state index is -0.0846. The smallest absolute Gasteiger partial charge is 0.242 e. The predicted molar refractivity (Wildman–Crippen MR) is 73.5 cm³/mol. The van der Waals surface area contributed by atoms with Crippen LogP contribution in [0.5, 0.6) is 0 Å². The van der Waals surface area contributed by atoms with Crippen molar-refractivity contribution in [3.63, 3.8) is 0 Å². The zero-order valence-corrected chi connectivity index (χ0v) is 11.0. The van der Waals surface area contributed by atoms with Crippen molar-refractivity contribution in [3.8, 4) is 0 Å². The van der Waals surface area contributed by atoms with E-state index in [0.717, 1.165) is 24.2 Å². The molecule has 98 valence electrons. The van der Waals surface area contributed by atoms with Gasteiger partial charge >= 0.3 is 0 Å². The van der Waals surface area contributed by atoms with Crippen LogP contribution in [0.25, 0.3) is 0 Å². The van der Waals surface area contributed by atoms with Gasteiger partial charge in [0.05, 0.1) is 0 Å². The lowest BCUT2D eigenvalue weighted by atomic mass is 10.0. The Morgan fingerprint density at radius 2 is 2.22 bits per heavy atom. The first-order valence-electron chi connectivity index (χ1n) is 6.54. The maximum absolute atomic E-state index is 11.9. The molecule has 1 amide bonds. The molecular formula is C14H21N3O. The number of hydrogen-bond acceptors (Lipinski definition) is 3. The molecular weight excluding hydrogens is 226 g/mol. The van der Waals surface area contributed by atoms with Crippen molar-refractivity contribution in [1.29, 1.82) is 0 Å². The highest BCUT2D eigenvalue weighted by atomic mass is 16.2. The van der Waals surface area contributed by atoms with E-state index in [4.69, 9.17) is 5.73 Å². The predicted octanol–water partition coefficient (Wildman–Crippen LogP) is 1.42. The van der Waals surface area contributed by atoms with E-state index in [1.165, 1.54) is 0 Å². The Balaban J connectivity index is 2.37. The largest absolute Gasteiger partial charge is 0.357 e. The lowest BCUT2D eigenvalue weighted by molar-refractivity contribution is -0.123. The fourth-order valence-electron chi connectivity index (χ4n) is 2.54. The average Bonchev–Trinajstić information content (AvgIpc) is 2.38. The molecule has 4 heteroatoms. The average molecular weight is 247 g/mol. The maximum Gasteiger partial charge on any atom is 0.242 e. The van der Waals surface area contributed by atoms with Crippen LogP contribution in [0.2, 0.25) is 0 Å². The van der Waals surface area contributed by atoms with Gasteiger partial charge in [-0.2, -0.15) is 0 Å². The molecule has 0 spiro atoms. The molecule has 1 heterocycles. The van der Waals surface area contributed by atoms with E-state index in [9.17, 15) is 4.79 Å². The zero-order chi connectivity index (χ0) is 13.1. The Morgan fingerprint density at radius 3 is 2.89 bits per heavy atom. The second kappa shape index (κ2) is 5.40. The van der Waals surface area contributed by atoms with E-state index in [1.54, 1.807) is 0 Å². The number of carbonyl (C=O) groups is 1. The Morgan fingerprint density at radius 1 is 1.50 bits per heavy atom.